The smallest absolute Gasteiger partial charge is 0.329 e. The highest BCUT2D eigenvalue weighted by Crippen LogP contribution is 2.24. The second-order valence-corrected chi connectivity index (χ2v) is 8.91. The van der Waals surface area contributed by atoms with Crippen molar-refractivity contribution in [3.63, 3.8) is 0 Å². The van der Waals surface area contributed by atoms with Crippen molar-refractivity contribution in [2.24, 2.45) is 5.92 Å². The van der Waals surface area contributed by atoms with Crippen LogP contribution in [-0.4, -0.2) is 34.9 Å². The van der Waals surface area contributed by atoms with Crippen LogP contribution in [0.25, 0.3) is 11.3 Å². The molecule has 2 amide bonds. The lowest BCUT2D eigenvalue weighted by Crippen LogP contribution is -2.47. The number of hydrogen-bond acceptors (Lipinski definition) is 6. The Morgan fingerprint density at radius 3 is 2.33 bits per heavy atom. The molecule has 0 radical (unpaired) electrons. The van der Waals surface area contributed by atoms with Crippen LogP contribution in [0.4, 0.5) is 5.13 Å². The molecule has 1 aromatic heterocycles. The molecule has 7 nitrogen and oxygen atoms in total. The summed E-state index contributed by atoms with van der Waals surface area (Å²) in [5, 5.41) is 7.82. The van der Waals surface area contributed by atoms with Crippen molar-refractivity contribution >= 4 is 45.9 Å². The molecular weight excluding hydrogens is 462 g/mol. The van der Waals surface area contributed by atoms with E-state index >= 15 is 0 Å². The van der Waals surface area contributed by atoms with Gasteiger partial charge in [-0.2, -0.15) is 0 Å². The third kappa shape index (κ3) is 6.40. The van der Waals surface area contributed by atoms with Crippen LogP contribution in [0.3, 0.4) is 0 Å². The fourth-order valence-corrected chi connectivity index (χ4v) is 3.89. The SMILES string of the molecule is CC(OC(=O)[C@@H](NC(=O)c1ccccc1Cl)C(C)C)C(=O)Nc1nc(-c2ccccc2)cs1. The van der Waals surface area contributed by atoms with E-state index in [9.17, 15) is 14.4 Å². The van der Waals surface area contributed by atoms with E-state index in [2.05, 4.69) is 15.6 Å². The molecule has 33 heavy (non-hydrogen) atoms. The molecule has 0 bridgehead atoms. The molecule has 0 aliphatic carbocycles. The second kappa shape index (κ2) is 11.1. The Bertz CT molecular complexity index is 1130. The highest BCUT2D eigenvalue weighted by Gasteiger charge is 2.30. The van der Waals surface area contributed by atoms with Gasteiger partial charge in [-0.25, -0.2) is 9.78 Å². The number of hydrogen-bond donors (Lipinski definition) is 2. The number of amides is 2. The number of anilines is 1. The Labute approximate surface area is 201 Å². The molecule has 0 aliphatic rings. The van der Waals surface area contributed by atoms with Gasteiger partial charge < -0.3 is 10.1 Å². The van der Waals surface area contributed by atoms with Gasteiger partial charge in [0.1, 0.15) is 6.04 Å². The standard InChI is InChI=1S/C24H24ClN3O4S/c1-14(2)20(27-22(30)17-11-7-8-12-18(17)25)23(31)32-15(3)21(29)28-24-26-19(13-33-24)16-9-5-4-6-10-16/h4-15,20H,1-3H3,(H,27,30)(H,26,28,29)/t15?,20-/m0/s1. The first kappa shape index (κ1) is 24.4. The first-order valence-electron chi connectivity index (χ1n) is 10.3. The lowest BCUT2D eigenvalue weighted by atomic mass is 10.0. The summed E-state index contributed by atoms with van der Waals surface area (Å²) in [5.41, 5.74) is 1.92. The van der Waals surface area contributed by atoms with Gasteiger partial charge in [-0.1, -0.05) is 67.9 Å². The molecule has 0 aliphatic heterocycles. The molecule has 172 valence electrons. The fourth-order valence-electron chi connectivity index (χ4n) is 2.94. The van der Waals surface area contributed by atoms with Gasteiger partial charge in [0.05, 0.1) is 16.3 Å². The number of carbonyl (C=O) groups is 3. The molecule has 2 atom stereocenters. The maximum atomic E-state index is 12.7. The van der Waals surface area contributed by atoms with Crippen molar-refractivity contribution in [3.05, 3.63) is 70.6 Å². The maximum absolute atomic E-state index is 12.7. The average Bonchev–Trinajstić information content (AvgIpc) is 3.26. The minimum atomic E-state index is -1.08. The summed E-state index contributed by atoms with van der Waals surface area (Å²) in [7, 11) is 0. The Hall–Kier alpha value is -3.23. The van der Waals surface area contributed by atoms with Gasteiger partial charge in [-0.3, -0.25) is 14.9 Å². The molecule has 0 fully saturated rings. The quantitative estimate of drug-likeness (QED) is 0.447. The number of aromatic nitrogens is 1. The lowest BCUT2D eigenvalue weighted by molar-refractivity contribution is -0.156. The maximum Gasteiger partial charge on any atom is 0.329 e. The zero-order chi connectivity index (χ0) is 24.0. The van der Waals surface area contributed by atoms with Gasteiger partial charge in [0, 0.05) is 10.9 Å². The van der Waals surface area contributed by atoms with E-state index in [4.69, 9.17) is 16.3 Å². The monoisotopic (exact) mass is 485 g/mol. The molecule has 3 aromatic rings. The van der Waals surface area contributed by atoms with Gasteiger partial charge in [0.2, 0.25) is 0 Å². The third-order valence-corrected chi connectivity index (χ3v) is 5.88. The van der Waals surface area contributed by atoms with Crippen molar-refractivity contribution in [2.75, 3.05) is 5.32 Å². The van der Waals surface area contributed by atoms with E-state index < -0.39 is 29.9 Å². The number of thiazole rings is 1. The zero-order valence-electron chi connectivity index (χ0n) is 18.4. The average molecular weight is 486 g/mol. The van der Waals surface area contributed by atoms with Crippen molar-refractivity contribution < 1.29 is 19.1 Å². The molecule has 0 saturated heterocycles. The van der Waals surface area contributed by atoms with Crippen LogP contribution in [-0.2, 0) is 14.3 Å². The minimum absolute atomic E-state index is 0.251. The lowest BCUT2D eigenvalue weighted by Gasteiger charge is -2.23. The highest BCUT2D eigenvalue weighted by atomic mass is 35.5. The van der Waals surface area contributed by atoms with E-state index in [0.717, 1.165) is 11.3 Å². The number of nitrogens with one attached hydrogen (secondary N) is 2. The number of ether oxygens (including phenoxy) is 1. The van der Waals surface area contributed by atoms with Crippen molar-refractivity contribution in [3.8, 4) is 11.3 Å². The predicted molar refractivity (Wildman–Crippen MR) is 129 cm³/mol. The number of nitrogens with zero attached hydrogens (tertiary/aromatic N) is 1. The topological polar surface area (TPSA) is 97.4 Å². The van der Waals surface area contributed by atoms with Crippen LogP contribution in [0, 0.1) is 5.92 Å². The number of esters is 1. The molecule has 2 N–H and O–H groups in total. The van der Waals surface area contributed by atoms with E-state index in [0.29, 0.717) is 5.13 Å². The number of benzene rings is 2. The molecule has 0 saturated carbocycles. The van der Waals surface area contributed by atoms with Gasteiger partial charge in [0.15, 0.2) is 11.2 Å². The number of rotatable bonds is 8. The van der Waals surface area contributed by atoms with Gasteiger partial charge in [-0.15, -0.1) is 11.3 Å². The van der Waals surface area contributed by atoms with Crippen LogP contribution in [0.2, 0.25) is 5.02 Å². The van der Waals surface area contributed by atoms with Gasteiger partial charge in [0.25, 0.3) is 11.8 Å². The molecule has 1 unspecified atom stereocenters. The van der Waals surface area contributed by atoms with Crippen LogP contribution < -0.4 is 10.6 Å². The Morgan fingerprint density at radius 1 is 1.00 bits per heavy atom. The van der Waals surface area contributed by atoms with Crippen LogP contribution in [0.1, 0.15) is 31.1 Å². The van der Waals surface area contributed by atoms with Crippen molar-refractivity contribution in [1.29, 1.82) is 0 Å². The first-order chi connectivity index (χ1) is 15.8. The Balaban J connectivity index is 1.60. The zero-order valence-corrected chi connectivity index (χ0v) is 19.9. The molecule has 9 heteroatoms. The van der Waals surface area contributed by atoms with E-state index in [1.807, 2.05) is 35.7 Å². The first-order valence-corrected chi connectivity index (χ1v) is 11.6. The van der Waals surface area contributed by atoms with Gasteiger partial charge in [-0.05, 0) is 25.0 Å². The summed E-state index contributed by atoms with van der Waals surface area (Å²) in [5.74, 6) is -1.99. The van der Waals surface area contributed by atoms with Crippen molar-refractivity contribution in [1.82, 2.24) is 10.3 Å². The van der Waals surface area contributed by atoms with Crippen molar-refractivity contribution in [2.45, 2.75) is 32.9 Å². The van der Waals surface area contributed by atoms with Crippen LogP contribution in [0.5, 0.6) is 0 Å². The summed E-state index contributed by atoms with van der Waals surface area (Å²) in [6.07, 6.45) is -1.08. The highest BCUT2D eigenvalue weighted by molar-refractivity contribution is 7.14. The van der Waals surface area contributed by atoms with E-state index in [1.54, 1.807) is 38.1 Å². The number of carbonyl (C=O) groups excluding carboxylic acids is 3. The molecule has 0 spiro atoms. The Kier molecular flexibility index (Phi) is 8.19. The number of halogens is 1. The normalized spacial score (nSPS) is 12.6. The van der Waals surface area contributed by atoms with E-state index in [-0.39, 0.29) is 16.5 Å². The summed E-state index contributed by atoms with van der Waals surface area (Å²) < 4.78 is 5.34. The van der Waals surface area contributed by atoms with Gasteiger partial charge >= 0.3 is 5.97 Å². The summed E-state index contributed by atoms with van der Waals surface area (Å²) in [4.78, 5) is 42.3. The predicted octanol–water partition coefficient (Wildman–Crippen LogP) is 4.79. The molecular formula is C24H24ClN3O4S. The van der Waals surface area contributed by atoms with Crippen LogP contribution >= 0.6 is 22.9 Å². The third-order valence-electron chi connectivity index (χ3n) is 4.79. The molecule has 2 aromatic carbocycles. The summed E-state index contributed by atoms with van der Waals surface area (Å²) >= 11 is 7.35. The fraction of sp³-hybridized carbons (Fsp3) is 0.250. The molecule has 3 rings (SSSR count). The Morgan fingerprint density at radius 2 is 1.67 bits per heavy atom. The molecule has 1 heterocycles. The second-order valence-electron chi connectivity index (χ2n) is 7.65. The minimum Gasteiger partial charge on any atom is -0.451 e. The summed E-state index contributed by atoms with van der Waals surface area (Å²) in [6, 6.07) is 15.2. The van der Waals surface area contributed by atoms with E-state index in [1.165, 1.54) is 18.3 Å². The summed E-state index contributed by atoms with van der Waals surface area (Å²) in [6.45, 7) is 5.00. The van der Waals surface area contributed by atoms with Crippen LogP contribution in [0.15, 0.2) is 60.0 Å². The largest absolute Gasteiger partial charge is 0.451 e.